The first kappa shape index (κ1) is 14.6. The van der Waals surface area contributed by atoms with Gasteiger partial charge in [-0.15, -0.1) is 0 Å². The van der Waals surface area contributed by atoms with Crippen LogP contribution >= 0.6 is 12.2 Å². The number of nitrogens with one attached hydrogen (secondary N) is 2. The predicted molar refractivity (Wildman–Crippen MR) is 78.2 cm³/mol. The molecule has 3 nitrogen and oxygen atoms in total. The van der Waals surface area contributed by atoms with Crippen molar-refractivity contribution in [1.82, 2.24) is 10.6 Å². The third-order valence-electron chi connectivity index (χ3n) is 2.68. The third kappa shape index (κ3) is 4.45. The molecule has 18 heavy (non-hydrogen) atoms. The van der Waals surface area contributed by atoms with Gasteiger partial charge in [0.15, 0.2) is 5.11 Å². The van der Waals surface area contributed by atoms with E-state index in [1.54, 1.807) is 0 Å². The molecule has 0 bridgehead atoms. The van der Waals surface area contributed by atoms with Gasteiger partial charge in [-0.3, -0.25) is 4.79 Å². The van der Waals surface area contributed by atoms with Crippen molar-refractivity contribution in [3.8, 4) is 0 Å². The summed E-state index contributed by atoms with van der Waals surface area (Å²) in [7, 11) is 0. The first-order valence-corrected chi connectivity index (χ1v) is 6.61. The van der Waals surface area contributed by atoms with Crippen LogP contribution in [0.3, 0.4) is 0 Å². The lowest BCUT2D eigenvalue weighted by molar-refractivity contribution is -0.122. The summed E-state index contributed by atoms with van der Waals surface area (Å²) in [5, 5.41) is 6.26. The first-order chi connectivity index (χ1) is 8.54. The lowest BCUT2D eigenvalue weighted by Gasteiger charge is -2.20. The van der Waals surface area contributed by atoms with Crippen LogP contribution in [0.1, 0.15) is 38.8 Å². The SMILES string of the molecule is CCC(NC(=S)NC(=O)C(C)C)c1ccccc1. The fourth-order valence-electron chi connectivity index (χ4n) is 1.56. The van der Waals surface area contributed by atoms with Crippen molar-refractivity contribution in [2.45, 2.75) is 33.2 Å². The molecule has 2 N–H and O–H groups in total. The summed E-state index contributed by atoms with van der Waals surface area (Å²) in [6.45, 7) is 5.76. The predicted octanol–water partition coefficient (Wildman–Crippen LogP) is 2.78. The van der Waals surface area contributed by atoms with Gasteiger partial charge >= 0.3 is 0 Å². The molecular formula is C14H20N2OS. The van der Waals surface area contributed by atoms with E-state index < -0.39 is 0 Å². The second-order valence-corrected chi connectivity index (χ2v) is 4.90. The molecule has 0 aliphatic heterocycles. The van der Waals surface area contributed by atoms with E-state index in [0.717, 1.165) is 6.42 Å². The Morgan fingerprint density at radius 2 is 1.89 bits per heavy atom. The Bertz CT molecular complexity index is 404. The van der Waals surface area contributed by atoms with E-state index in [4.69, 9.17) is 12.2 Å². The minimum atomic E-state index is -0.0680. The fraction of sp³-hybridized carbons (Fsp3) is 0.429. The summed E-state index contributed by atoms with van der Waals surface area (Å²) in [6, 6.07) is 10.2. The molecule has 0 aliphatic rings. The second-order valence-electron chi connectivity index (χ2n) is 4.49. The van der Waals surface area contributed by atoms with Gasteiger partial charge in [0.05, 0.1) is 6.04 Å². The Labute approximate surface area is 114 Å². The average Bonchev–Trinajstić information content (AvgIpc) is 2.36. The minimum absolute atomic E-state index is 0.0598. The maximum absolute atomic E-state index is 11.5. The molecule has 1 aromatic carbocycles. The number of hydrogen-bond donors (Lipinski definition) is 2. The highest BCUT2D eigenvalue weighted by atomic mass is 32.1. The number of carbonyl (C=O) groups excluding carboxylic acids is 1. The molecule has 0 radical (unpaired) electrons. The van der Waals surface area contributed by atoms with Crippen LogP contribution in [0.4, 0.5) is 0 Å². The number of thiocarbonyl (C=S) groups is 1. The Morgan fingerprint density at radius 3 is 2.39 bits per heavy atom. The highest BCUT2D eigenvalue weighted by Gasteiger charge is 2.13. The van der Waals surface area contributed by atoms with Gasteiger partial charge in [0.1, 0.15) is 0 Å². The molecule has 98 valence electrons. The molecule has 1 atom stereocenters. The quantitative estimate of drug-likeness (QED) is 0.822. The molecule has 0 aliphatic carbocycles. The number of hydrogen-bond acceptors (Lipinski definition) is 2. The van der Waals surface area contributed by atoms with Gasteiger partial charge in [0.25, 0.3) is 0 Å². The maximum atomic E-state index is 11.5. The van der Waals surface area contributed by atoms with E-state index in [1.807, 2.05) is 44.2 Å². The third-order valence-corrected chi connectivity index (χ3v) is 2.90. The number of benzene rings is 1. The molecule has 1 unspecified atom stereocenters. The van der Waals surface area contributed by atoms with Crippen molar-refractivity contribution in [1.29, 1.82) is 0 Å². The minimum Gasteiger partial charge on any atom is -0.356 e. The van der Waals surface area contributed by atoms with Gasteiger partial charge in [-0.1, -0.05) is 51.1 Å². The fourth-order valence-corrected chi connectivity index (χ4v) is 1.80. The molecule has 0 heterocycles. The van der Waals surface area contributed by atoms with Crippen LogP contribution in [0.15, 0.2) is 30.3 Å². The second kappa shape index (κ2) is 7.11. The smallest absolute Gasteiger partial charge is 0.228 e. The van der Waals surface area contributed by atoms with Crippen LogP contribution in [0.5, 0.6) is 0 Å². The lowest BCUT2D eigenvalue weighted by atomic mass is 10.1. The van der Waals surface area contributed by atoms with Crippen LogP contribution in [-0.4, -0.2) is 11.0 Å². The summed E-state index contributed by atoms with van der Waals surface area (Å²) >= 11 is 5.15. The molecule has 0 saturated heterocycles. The van der Waals surface area contributed by atoms with Crippen molar-refractivity contribution in [2.24, 2.45) is 5.92 Å². The molecule has 0 fully saturated rings. The van der Waals surface area contributed by atoms with Crippen LogP contribution in [0, 0.1) is 5.92 Å². The standard InChI is InChI=1S/C14H20N2OS/c1-4-12(11-8-6-5-7-9-11)15-14(18)16-13(17)10(2)3/h5-10,12H,4H2,1-3H3,(H2,15,16,17,18). The van der Waals surface area contributed by atoms with E-state index in [2.05, 4.69) is 17.6 Å². The van der Waals surface area contributed by atoms with Gasteiger partial charge in [0.2, 0.25) is 5.91 Å². The Kier molecular flexibility index (Phi) is 5.78. The van der Waals surface area contributed by atoms with Gasteiger partial charge in [-0.25, -0.2) is 0 Å². The zero-order chi connectivity index (χ0) is 13.5. The number of carbonyl (C=O) groups is 1. The van der Waals surface area contributed by atoms with E-state index in [9.17, 15) is 4.79 Å². The zero-order valence-corrected chi connectivity index (χ0v) is 11.9. The van der Waals surface area contributed by atoms with E-state index >= 15 is 0 Å². The monoisotopic (exact) mass is 264 g/mol. The highest BCUT2D eigenvalue weighted by molar-refractivity contribution is 7.80. The normalized spacial score (nSPS) is 12.0. The molecule has 0 saturated carbocycles. The average molecular weight is 264 g/mol. The number of amides is 1. The van der Waals surface area contributed by atoms with E-state index in [1.165, 1.54) is 5.56 Å². The molecule has 0 spiro atoms. The van der Waals surface area contributed by atoms with Crippen LogP contribution in [0.25, 0.3) is 0 Å². The van der Waals surface area contributed by atoms with Crippen LogP contribution < -0.4 is 10.6 Å². The van der Waals surface area contributed by atoms with Gasteiger partial charge in [-0.2, -0.15) is 0 Å². The van der Waals surface area contributed by atoms with Gasteiger partial charge in [-0.05, 0) is 24.2 Å². The van der Waals surface area contributed by atoms with Crippen molar-refractivity contribution in [3.63, 3.8) is 0 Å². The molecular weight excluding hydrogens is 244 g/mol. The molecule has 1 amide bonds. The molecule has 0 aromatic heterocycles. The van der Waals surface area contributed by atoms with Gasteiger partial charge < -0.3 is 10.6 Å². The first-order valence-electron chi connectivity index (χ1n) is 6.21. The summed E-state index contributed by atoms with van der Waals surface area (Å²) in [4.78, 5) is 11.5. The Morgan fingerprint density at radius 1 is 1.28 bits per heavy atom. The van der Waals surface area contributed by atoms with Crippen molar-refractivity contribution < 1.29 is 4.79 Å². The van der Waals surface area contributed by atoms with E-state index in [0.29, 0.717) is 5.11 Å². The van der Waals surface area contributed by atoms with Crippen LogP contribution in [0.2, 0.25) is 0 Å². The zero-order valence-electron chi connectivity index (χ0n) is 11.1. The highest BCUT2D eigenvalue weighted by Crippen LogP contribution is 2.15. The van der Waals surface area contributed by atoms with Gasteiger partial charge in [0, 0.05) is 5.92 Å². The lowest BCUT2D eigenvalue weighted by Crippen LogP contribution is -2.42. The largest absolute Gasteiger partial charge is 0.356 e. The van der Waals surface area contributed by atoms with Crippen molar-refractivity contribution >= 4 is 23.2 Å². The van der Waals surface area contributed by atoms with Crippen molar-refractivity contribution in [2.75, 3.05) is 0 Å². The topological polar surface area (TPSA) is 41.1 Å². The Balaban J connectivity index is 2.59. The van der Waals surface area contributed by atoms with E-state index in [-0.39, 0.29) is 17.9 Å². The summed E-state index contributed by atoms with van der Waals surface area (Å²) in [5.41, 5.74) is 1.17. The number of rotatable bonds is 4. The summed E-state index contributed by atoms with van der Waals surface area (Å²) in [5.74, 6) is -0.128. The summed E-state index contributed by atoms with van der Waals surface area (Å²) in [6.07, 6.45) is 0.904. The van der Waals surface area contributed by atoms with Crippen LogP contribution in [-0.2, 0) is 4.79 Å². The van der Waals surface area contributed by atoms with Crippen molar-refractivity contribution in [3.05, 3.63) is 35.9 Å². The Hall–Kier alpha value is -1.42. The summed E-state index contributed by atoms with van der Waals surface area (Å²) < 4.78 is 0. The molecule has 1 aromatic rings. The maximum Gasteiger partial charge on any atom is 0.228 e. The molecule has 1 rings (SSSR count). The molecule has 4 heteroatoms.